The van der Waals surface area contributed by atoms with Crippen LogP contribution >= 0.6 is 12.4 Å². The fraction of sp³-hybridized carbons (Fsp3) is 0.267. The highest BCUT2D eigenvalue weighted by Crippen LogP contribution is 2.24. The van der Waals surface area contributed by atoms with E-state index in [0.717, 1.165) is 12.0 Å². The Hall–Kier alpha value is -1.98. The zero-order chi connectivity index (χ0) is 14.1. The predicted molar refractivity (Wildman–Crippen MR) is 80.4 cm³/mol. The van der Waals surface area contributed by atoms with E-state index in [1.807, 2.05) is 6.07 Å². The minimum absolute atomic E-state index is 0. The standard InChI is InChI=1S/C15H16N2O3.ClH/c16-7-14-6-12(9-20-14)15(19)17-4-3-10-1-2-13(18)5-11(10)8-17;/h1-2,5-6,9,18H,3-4,7-8,16H2;1H. The molecule has 0 aliphatic carbocycles. The summed E-state index contributed by atoms with van der Waals surface area (Å²) in [4.78, 5) is 14.1. The topological polar surface area (TPSA) is 79.7 Å². The molecule has 1 amide bonds. The number of carbonyl (C=O) groups is 1. The molecule has 1 aliphatic rings. The number of halogens is 1. The van der Waals surface area contributed by atoms with Crippen molar-refractivity contribution >= 4 is 18.3 Å². The summed E-state index contributed by atoms with van der Waals surface area (Å²) in [5.74, 6) is 0.762. The van der Waals surface area contributed by atoms with Crippen molar-refractivity contribution in [2.24, 2.45) is 5.73 Å². The lowest BCUT2D eigenvalue weighted by Crippen LogP contribution is -2.35. The molecule has 1 aliphatic heterocycles. The lowest BCUT2D eigenvalue weighted by Gasteiger charge is -2.28. The van der Waals surface area contributed by atoms with Crippen molar-refractivity contribution in [1.29, 1.82) is 0 Å². The van der Waals surface area contributed by atoms with E-state index in [9.17, 15) is 9.90 Å². The van der Waals surface area contributed by atoms with E-state index in [2.05, 4.69) is 0 Å². The first-order valence-corrected chi connectivity index (χ1v) is 6.55. The van der Waals surface area contributed by atoms with Gasteiger partial charge in [-0.3, -0.25) is 4.79 Å². The summed E-state index contributed by atoms with van der Waals surface area (Å²) in [5.41, 5.74) is 8.17. The second kappa shape index (κ2) is 6.20. The maximum Gasteiger partial charge on any atom is 0.257 e. The molecule has 1 aromatic carbocycles. The number of amides is 1. The van der Waals surface area contributed by atoms with Crippen LogP contribution in [0.15, 0.2) is 34.9 Å². The van der Waals surface area contributed by atoms with Crippen molar-refractivity contribution in [1.82, 2.24) is 4.90 Å². The summed E-state index contributed by atoms with van der Waals surface area (Å²) in [5, 5.41) is 9.53. The first kappa shape index (κ1) is 15.4. The Kier molecular flexibility index (Phi) is 4.55. The molecule has 0 atom stereocenters. The van der Waals surface area contributed by atoms with Crippen LogP contribution in [0, 0.1) is 0 Å². The second-order valence-corrected chi connectivity index (χ2v) is 4.94. The van der Waals surface area contributed by atoms with Crippen LogP contribution in [0.25, 0.3) is 0 Å². The van der Waals surface area contributed by atoms with Gasteiger partial charge < -0.3 is 20.2 Å². The first-order valence-electron chi connectivity index (χ1n) is 6.55. The van der Waals surface area contributed by atoms with Crippen molar-refractivity contribution in [3.8, 4) is 5.75 Å². The van der Waals surface area contributed by atoms with Crippen LogP contribution in [-0.2, 0) is 19.5 Å². The maximum absolute atomic E-state index is 12.4. The number of hydrogen-bond donors (Lipinski definition) is 2. The smallest absolute Gasteiger partial charge is 0.257 e. The van der Waals surface area contributed by atoms with Crippen LogP contribution in [-0.4, -0.2) is 22.5 Å². The number of benzene rings is 1. The molecule has 3 N–H and O–H groups in total. The summed E-state index contributed by atoms with van der Waals surface area (Å²) >= 11 is 0. The Morgan fingerprint density at radius 3 is 2.86 bits per heavy atom. The summed E-state index contributed by atoms with van der Waals surface area (Å²) in [6, 6.07) is 6.99. The van der Waals surface area contributed by atoms with Crippen molar-refractivity contribution in [3.05, 3.63) is 53.0 Å². The van der Waals surface area contributed by atoms with E-state index in [1.54, 1.807) is 23.1 Å². The predicted octanol–water partition coefficient (Wildman–Crippen LogP) is 2.06. The van der Waals surface area contributed by atoms with Gasteiger partial charge in [0.15, 0.2) is 0 Å². The van der Waals surface area contributed by atoms with Gasteiger partial charge in [-0.15, -0.1) is 12.4 Å². The van der Waals surface area contributed by atoms with Crippen LogP contribution in [0.2, 0.25) is 0 Å². The Bertz CT molecular complexity index is 654. The van der Waals surface area contributed by atoms with E-state index in [-0.39, 0.29) is 30.6 Å². The van der Waals surface area contributed by atoms with Gasteiger partial charge in [0, 0.05) is 13.1 Å². The molecule has 0 radical (unpaired) electrons. The molecule has 1 aromatic heterocycles. The molecule has 0 saturated heterocycles. The summed E-state index contributed by atoms with van der Waals surface area (Å²) in [6.07, 6.45) is 2.24. The van der Waals surface area contributed by atoms with Crippen molar-refractivity contribution in [2.75, 3.05) is 6.54 Å². The number of carbonyl (C=O) groups excluding carboxylic acids is 1. The average Bonchev–Trinajstić information content (AvgIpc) is 2.94. The van der Waals surface area contributed by atoms with Crippen LogP contribution in [0.5, 0.6) is 5.75 Å². The van der Waals surface area contributed by atoms with Gasteiger partial charge in [0.25, 0.3) is 5.91 Å². The van der Waals surface area contributed by atoms with Crippen LogP contribution < -0.4 is 5.73 Å². The van der Waals surface area contributed by atoms with Gasteiger partial charge in [0.05, 0.1) is 12.1 Å². The largest absolute Gasteiger partial charge is 0.508 e. The minimum atomic E-state index is -0.0672. The van der Waals surface area contributed by atoms with Gasteiger partial charge in [-0.2, -0.15) is 0 Å². The third-order valence-corrected chi connectivity index (χ3v) is 3.59. The molecule has 0 fully saturated rings. The lowest BCUT2D eigenvalue weighted by molar-refractivity contribution is 0.0733. The normalized spacial score (nSPS) is 13.5. The highest BCUT2D eigenvalue weighted by molar-refractivity contribution is 5.94. The van der Waals surface area contributed by atoms with Crippen LogP contribution in [0.1, 0.15) is 27.2 Å². The lowest BCUT2D eigenvalue weighted by atomic mass is 9.99. The number of nitrogens with two attached hydrogens (primary N) is 1. The van der Waals surface area contributed by atoms with Gasteiger partial charge in [-0.05, 0) is 35.7 Å². The number of fused-ring (bicyclic) bond motifs is 1. The van der Waals surface area contributed by atoms with Gasteiger partial charge >= 0.3 is 0 Å². The molecule has 3 rings (SSSR count). The van der Waals surface area contributed by atoms with Crippen LogP contribution in [0.4, 0.5) is 0 Å². The fourth-order valence-electron chi connectivity index (χ4n) is 2.50. The number of phenols is 1. The molecular weight excluding hydrogens is 292 g/mol. The number of nitrogens with zero attached hydrogens (tertiary/aromatic N) is 1. The van der Waals surface area contributed by atoms with Crippen molar-refractivity contribution in [3.63, 3.8) is 0 Å². The molecule has 6 heteroatoms. The number of furan rings is 1. The quantitative estimate of drug-likeness (QED) is 0.890. The van der Waals surface area contributed by atoms with Crippen LogP contribution in [0.3, 0.4) is 0 Å². The van der Waals surface area contributed by atoms with Crippen molar-refractivity contribution in [2.45, 2.75) is 19.5 Å². The third-order valence-electron chi connectivity index (χ3n) is 3.59. The fourth-order valence-corrected chi connectivity index (χ4v) is 2.50. The molecule has 0 unspecified atom stereocenters. The molecule has 0 spiro atoms. The second-order valence-electron chi connectivity index (χ2n) is 4.94. The van der Waals surface area contributed by atoms with E-state index in [0.29, 0.717) is 24.4 Å². The molecule has 2 heterocycles. The molecule has 2 aromatic rings. The monoisotopic (exact) mass is 308 g/mol. The van der Waals surface area contributed by atoms with E-state index >= 15 is 0 Å². The minimum Gasteiger partial charge on any atom is -0.508 e. The van der Waals surface area contributed by atoms with Gasteiger partial charge in [0.1, 0.15) is 17.8 Å². The number of phenolic OH excluding ortho intramolecular Hbond substituents is 1. The zero-order valence-corrected chi connectivity index (χ0v) is 12.2. The molecular formula is C15H17ClN2O3. The van der Waals surface area contributed by atoms with Gasteiger partial charge in [-0.1, -0.05) is 6.07 Å². The number of hydrogen-bond acceptors (Lipinski definition) is 4. The molecule has 21 heavy (non-hydrogen) atoms. The summed E-state index contributed by atoms with van der Waals surface area (Å²) in [7, 11) is 0. The third kappa shape index (κ3) is 3.04. The van der Waals surface area contributed by atoms with E-state index < -0.39 is 0 Å². The SMILES string of the molecule is Cl.NCc1cc(C(=O)N2CCc3ccc(O)cc3C2)co1. The average molecular weight is 309 g/mol. The van der Waals surface area contributed by atoms with E-state index in [1.165, 1.54) is 11.8 Å². The van der Waals surface area contributed by atoms with Crippen molar-refractivity contribution < 1.29 is 14.3 Å². The Labute approximate surface area is 128 Å². The molecule has 112 valence electrons. The number of aromatic hydroxyl groups is 1. The Balaban J connectivity index is 0.00000161. The summed E-state index contributed by atoms with van der Waals surface area (Å²) in [6.45, 7) is 1.45. The highest BCUT2D eigenvalue weighted by Gasteiger charge is 2.23. The molecule has 5 nitrogen and oxygen atoms in total. The van der Waals surface area contributed by atoms with Gasteiger partial charge in [-0.25, -0.2) is 0 Å². The molecule has 0 saturated carbocycles. The zero-order valence-electron chi connectivity index (χ0n) is 11.4. The summed E-state index contributed by atoms with van der Waals surface area (Å²) < 4.78 is 5.20. The first-order chi connectivity index (χ1) is 9.67. The Morgan fingerprint density at radius 1 is 1.33 bits per heavy atom. The van der Waals surface area contributed by atoms with Gasteiger partial charge in [0.2, 0.25) is 0 Å². The number of rotatable bonds is 2. The Morgan fingerprint density at radius 2 is 2.14 bits per heavy atom. The molecule has 0 bridgehead atoms. The van der Waals surface area contributed by atoms with E-state index in [4.69, 9.17) is 10.2 Å². The maximum atomic E-state index is 12.4. The highest BCUT2D eigenvalue weighted by atomic mass is 35.5.